The smallest absolute Gasteiger partial charge is 0.258 e. The van der Waals surface area contributed by atoms with Gasteiger partial charge in [-0.05, 0) is 42.5 Å². The third-order valence-electron chi connectivity index (χ3n) is 4.27. The molecule has 0 aliphatic carbocycles. The first-order chi connectivity index (χ1) is 14.1. The van der Waals surface area contributed by atoms with Crippen molar-refractivity contribution >= 4 is 23.5 Å². The number of nitrogens with one attached hydrogen (secondary N) is 1. The molecule has 1 heterocycles. The molecule has 0 radical (unpaired) electrons. The van der Waals surface area contributed by atoms with Gasteiger partial charge in [0, 0.05) is 21.7 Å². The highest BCUT2D eigenvalue weighted by atomic mass is 35.5. The first-order valence-electron chi connectivity index (χ1n) is 8.86. The van der Waals surface area contributed by atoms with E-state index < -0.39 is 11.7 Å². The Labute approximate surface area is 172 Å². The van der Waals surface area contributed by atoms with Gasteiger partial charge in [0.15, 0.2) is 0 Å². The summed E-state index contributed by atoms with van der Waals surface area (Å²) >= 11 is 5.99. The molecule has 0 aliphatic rings. The minimum atomic E-state index is -0.419. The lowest BCUT2D eigenvalue weighted by Crippen LogP contribution is -2.14. The van der Waals surface area contributed by atoms with Crippen LogP contribution in [0.3, 0.4) is 0 Å². The lowest BCUT2D eigenvalue weighted by atomic mass is 10.1. The van der Waals surface area contributed by atoms with Gasteiger partial charge in [0.2, 0.25) is 5.95 Å². The number of carbonyl (C=O) groups excluding carboxylic acids is 1. The third-order valence-corrected chi connectivity index (χ3v) is 4.52. The van der Waals surface area contributed by atoms with Gasteiger partial charge in [-0.1, -0.05) is 54.1 Å². The maximum atomic E-state index is 13.1. The third kappa shape index (κ3) is 4.47. The molecular weight excluding hydrogens is 389 g/mol. The van der Waals surface area contributed by atoms with Crippen LogP contribution in [0.2, 0.25) is 5.02 Å². The number of nitrogens with zero attached hydrogens (tertiary/aromatic N) is 2. The quantitative estimate of drug-likeness (QED) is 0.464. The van der Waals surface area contributed by atoms with E-state index in [9.17, 15) is 9.18 Å². The van der Waals surface area contributed by atoms with E-state index in [4.69, 9.17) is 11.6 Å². The molecule has 29 heavy (non-hydrogen) atoms. The van der Waals surface area contributed by atoms with E-state index in [1.54, 1.807) is 12.1 Å². The molecule has 0 atom stereocenters. The van der Waals surface area contributed by atoms with Crippen LogP contribution in [0, 0.1) is 5.82 Å². The molecule has 0 unspecified atom stereocenters. The number of hydrogen-bond donors (Lipinski definition) is 1. The van der Waals surface area contributed by atoms with Crippen LogP contribution < -0.4 is 5.32 Å². The standard InChI is InChI=1S/C23H15ClFN3O/c24-18-10-6-16(7-11-18)21-14-20(15-4-2-1-3-5-15)26-23(27-21)28-22(29)17-8-12-19(25)13-9-17/h1-14H,(H,26,27,28,29). The van der Waals surface area contributed by atoms with Crippen LogP contribution in [0.5, 0.6) is 0 Å². The van der Waals surface area contributed by atoms with Crippen molar-refractivity contribution in [2.24, 2.45) is 0 Å². The predicted octanol–water partition coefficient (Wildman–Crippen LogP) is 5.86. The maximum Gasteiger partial charge on any atom is 0.258 e. The molecule has 3 aromatic carbocycles. The Balaban J connectivity index is 1.74. The van der Waals surface area contributed by atoms with Crippen LogP contribution in [-0.2, 0) is 0 Å². The van der Waals surface area contributed by atoms with Crippen molar-refractivity contribution in [1.82, 2.24) is 9.97 Å². The zero-order chi connectivity index (χ0) is 20.2. The van der Waals surface area contributed by atoms with Crippen molar-refractivity contribution in [2.45, 2.75) is 0 Å². The molecule has 142 valence electrons. The Morgan fingerprint density at radius 2 is 1.38 bits per heavy atom. The maximum absolute atomic E-state index is 13.1. The Morgan fingerprint density at radius 3 is 2.00 bits per heavy atom. The molecule has 0 aliphatic heterocycles. The van der Waals surface area contributed by atoms with Gasteiger partial charge in [0.25, 0.3) is 5.91 Å². The summed E-state index contributed by atoms with van der Waals surface area (Å²) in [6.45, 7) is 0. The summed E-state index contributed by atoms with van der Waals surface area (Å²) in [5, 5.41) is 3.32. The average molecular weight is 404 g/mol. The Kier molecular flexibility index (Phi) is 5.31. The molecule has 4 aromatic rings. The van der Waals surface area contributed by atoms with E-state index in [2.05, 4.69) is 15.3 Å². The molecule has 1 amide bonds. The van der Waals surface area contributed by atoms with Gasteiger partial charge in [0.05, 0.1) is 11.4 Å². The van der Waals surface area contributed by atoms with Gasteiger partial charge >= 0.3 is 0 Å². The molecule has 0 saturated heterocycles. The first-order valence-corrected chi connectivity index (χ1v) is 9.24. The summed E-state index contributed by atoms with van der Waals surface area (Å²) in [5.74, 6) is -0.670. The molecule has 0 fully saturated rings. The van der Waals surface area contributed by atoms with E-state index in [0.717, 1.165) is 11.1 Å². The fourth-order valence-corrected chi connectivity index (χ4v) is 2.93. The summed E-state index contributed by atoms with van der Waals surface area (Å²) in [6, 6.07) is 24.0. The van der Waals surface area contributed by atoms with Crippen LogP contribution in [0.15, 0.2) is 84.9 Å². The zero-order valence-electron chi connectivity index (χ0n) is 15.1. The molecule has 0 saturated carbocycles. The lowest BCUT2D eigenvalue weighted by molar-refractivity contribution is 0.102. The number of rotatable bonds is 4. The minimum Gasteiger partial charge on any atom is -0.290 e. The van der Waals surface area contributed by atoms with Crippen LogP contribution in [0.25, 0.3) is 22.5 Å². The Bertz CT molecular complexity index is 1150. The topological polar surface area (TPSA) is 54.9 Å². The van der Waals surface area contributed by atoms with E-state index in [-0.39, 0.29) is 5.95 Å². The number of carbonyl (C=O) groups is 1. The van der Waals surface area contributed by atoms with Crippen molar-refractivity contribution in [3.8, 4) is 22.5 Å². The molecule has 1 aromatic heterocycles. The number of hydrogen-bond acceptors (Lipinski definition) is 3. The SMILES string of the molecule is O=C(Nc1nc(-c2ccccc2)cc(-c2ccc(Cl)cc2)n1)c1ccc(F)cc1. The highest BCUT2D eigenvalue weighted by molar-refractivity contribution is 6.30. The summed E-state index contributed by atoms with van der Waals surface area (Å²) in [4.78, 5) is 21.5. The normalized spacial score (nSPS) is 10.6. The van der Waals surface area contributed by atoms with Gasteiger partial charge < -0.3 is 0 Å². The first kappa shape index (κ1) is 18.8. The molecule has 4 rings (SSSR count). The number of amides is 1. The zero-order valence-corrected chi connectivity index (χ0v) is 15.9. The summed E-state index contributed by atoms with van der Waals surface area (Å²) in [6.07, 6.45) is 0. The number of anilines is 1. The molecule has 1 N–H and O–H groups in total. The van der Waals surface area contributed by atoms with Gasteiger partial charge in [-0.3, -0.25) is 10.1 Å². The number of aromatic nitrogens is 2. The molecular formula is C23H15ClFN3O. The van der Waals surface area contributed by atoms with Crippen molar-refractivity contribution in [3.63, 3.8) is 0 Å². The van der Waals surface area contributed by atoms with E-state index in [1.165, 1.54) is 24.3 Å². The fourth-order valence-electron chi connectivity index (χ4n) is 2.80. The summed E-state index contributed by atoms with van der Waals surface area (Å²) in [7, 11) is 0. The molecule has 4 nitrogen and oxygen atoms in total. The number of halogens is 2. The largest absolute Gasteiger partial charge is 0.290 e. The second-order valence-corrected chi connectivity index (χ2v) is 6.73. The van der Waals surface area contributed by atoms with Crippen molar-refractivity contribution in [1.29, 1.82) is 0 Å². The van der Waals surface area contributed by atoms with Crippen LogP contribution in [0.4, 0.5) is 10.3 Å². The van der Waals surface area contributed by atoms with Crippen molar-refractivity contribution in [3.05, 3.63) is 101 Å². The Hall–Kier alpha value is -3.57. The van der Waals surface area contributed by atoms with E-state index in [0.29, 0.717) is 22.0 Å². The van der Waals surface area contributed by atoms with Gasteiger partial charge in [-0.15, -0.1) is 0 Å². The highest BCUT2D eigenvalue weighted by Gasteiger charge is 2.12. The average Bonchev–Trinajstić information content (AvgIpc) is 2.75. The second-order valence-electron chi connectivity index (χ2n) is 6.30. The Morgan fingerprint density at radius 1 is 0.793 bits per heavy atom. The predicted molar refractivity (Wildman–Crippen MR) is 112 cm³/mol. The van der Waals surface area contributed by atoms with Crippen LogP contribution in [-0.4, -0.2) is 15.9 Å². The van der Waals surface area contributed by atoms with Crippen LogP contribution in [0.1, 0.15) is 10.4 Å². The van der Waals surface area contributed by atoms with E-state index in [1.807, 2.05) is 48.5 Å². The van der Waals surface area contributed by atoms with E-state index >= 15 is 0 Å². The van der Waals surface area contributed by atoms with Gasteiger partial charge in [-0.2, -0.15) is 0 Å². The summed E-state index contributed by atoms with van der Waals surface area (Å²) in [5.41, 5.74) is 3.35. The minimum absolute atomic E-state index is 0.158. The van der Waals surface area contributed by atoms with Crippen molar-refractivity contribution in [2.75, 3.05) is 5.32 Å². The number of benzene rings is 3. The molecule has 0 spiro atoms. The van der Waals surface area contributed by atoms with Gasteiger partial charge in [-0.25, -0.2) is 14.4 Å². The van der Waals surface area contributed by atoms with Crippen molar-refractivity contribution < 1.29 is 9.18 Å². The molecule has 6 heteroatoms. The second kappa shape index (κ2) is 8.20. The molecule has 0 bridgehead atoms. The lowest BCUT2D eigenvalue weighted by Gasteiger charge is -2.10. The highest BCUT2D eigenvalue weighted by Crippen LogP contribution is 2.26. The summed E-state index contributed by atoms with van der Waals surface area (Å²) < 4.78 is 13.1. The monoisotopic (exact) mass is 403 g/mol. The van der Waals surface area contributed by atoms with Gasteiger partial charge in [0.1, 0.15) is 5.82 Å². The van der Waals surface area contributed by atoms with Crippen LogP contribution >= 0.6 is 11.6 Å². The fraction of sp³-hybridized carbons (Fsp3) is 0.